The third-order valence-corrected chi connectivity index (χ3v) is 4.76. The topological polar surface area (TPSA) is 66.5 Å². The van der Waals surface area contributed by atoms with E-state index >= 15 is 0 Å². The summed E-state index contributed by atoms with van der Waals surface area (Å²) < 4.78 is 5.35. The van der Waals surface area contributed by atoms with Gasteiger partial charge in [0.15, 0.2) is 5.13 Å². The van der Waals surface area contributed by atoms with E-state index in [1.54, 1.807) is 11.3 Å². The summed E-state index contributed by atoms with van der Waals surface area (Å²) in [6.07, 6.45) is 2.97. The summed E-state index contributed by atoms with van der Waals surface area (Å²) in [5, 5.41) is 9.34. The highest BCUT2D eigenvalue weighted by molar-refractivity contribution is 7.13. The fourth-order valence-corrected chi connectivity index (χ4v) is 3.55. The van der Waals surface area contributed by atoms with E-state index in [-0.39, 0.29) is 11.9 Å². The predicted molar refractivity (Wildman–Crippen MR) is 82.6 cm³/mol. The lowest BCUT2D eigenvalue weighted by Gasteiger charge is -2.23. The predicted octanol–water partition coefficient (Wildman–Crippen LogP) is 0.738. The van der Waals surface area contributed by atoms with Gasteiger partial charge in [-0.25, -0.2) is 4.98 Å². The molecule has 21 heavy (non-hydrogen) atoms. The molecule has 116 valence electrons. The van der Waals surface area contributed by atoms with Gasteiger partial charge >= 0.3 is 0 Å². The van der Waals surface area contributed by atoms with E-state index in [9.17, 15) is 4.79 Å². The number of rotatable bonds is 5. The van der Waals surface area contributed by atoms with Gasteiger partial charge in [-0.15, -0.1) is 11.3 Å². The average Bonchev–Trinajstić information content (AvgIpc) is 3.17. The Balaban J connectivity index is 1.42. The number of morpholine rings is 1. The second kappa shape index (κ2) is 7.20. The van der Waals surface area contributed by atoms with Crippen LogP contribution >= 0.6 is 11.3 Å². The van der Waals surface area contributed by atoms with Crippen molar-refractivity contribution < 1.29 is 9.53 Å². The molecule has 6 nitrogen and oxygen atoms in total. The number of anilines is 1. The molecule has 0 spiro atoms. The van der Waals surface area contributed by atoms with Crippen LogP contribution in [0.3, 0.4) is 0 Å². The van der Waals surface area contributed by atoms with Crippen molar-refractivity contribution in [2.75, 3.05) is 37.7 Å². The number of aromatic nitrogens is 1. The number of nitrogens with one attached hydrogen (secondary N) is 2. The van der Waals surface area contributed by atoms with Gasteiger partial charge in [-0.05, 0) is 12.8 Å². The Morgan fingerprint density at radius 3 is 3.14 bits per heavy atom. The molecule has 0 unspecified atom stereocenters. The van der Waals surface area contributed by atoms with Gasteiger partial charge in [0.2, 0.25) is 5.91 Å². The van der Waals surface area contributed by atoms with E-state index in [1.807, 2.05) is 5.38 Å². The number of carbonyl (C=O) groups excluding carboxylic acids is 1. The highest BCUT2D eigenvalue weighted by Crippen LogP contribution is 2.24. The Labute approximate surface area is 128 Å². The molecule has 0 bridgehead atoms. The molecule has 3 rings (SSSR count). The van der Waals surface area contributed by atoms with Crippen molar-refractivity contribution >= 4 is 22.4 Å². The van der Waals surface area contributed by atoms with Gasteiger partial charge < -0.3 is 20.3 Å². The van der Waals surface area contributed by atoms with Crippen LogP contribution < -0.4 is 15.5 Å². The quantitative estimate of drug-likeness (QED) is 0.840. The van der Waals surface area contributed by atoms with E-state index in [2.05, 4.69) is 20.5 Å². The molecule has 0 aromatic carbocycles. The van der Waals surface area contributed by atoms with Gasteiger partial charge in [0.25, 0.3) is 0 Å². The summed E-state index contributed by atoms with van der Waals surface area (Å²) in [5.74, 6) is 0.0497. The lowest BCUT2D eigenvalue weighted by atomic mass is 10.2. The monoisotopic (exact) mass is 310 g/mol. The molecule has 3 heterocycles. The van der Waals surface area contributed by atoms with Crippen molar-refractivity contribution in [1.29, 1.82) is 0 Å². The lowest BCUT2D eigenvalue weighted by molar-refractivity contribution is -0.122. The van der Waals surface area contributed by atoms with Gasteiger partial charge in [-0.3, -0.25) is 4.79 Å². The molecule has 0 saturated carbocycles. The van der Waals surface area contributed by atoms with Crippen LogP contribution in [0.2, 0.25) is 0 Å². The summed E-state index contributed by atoms with van der Waals surface area (Å²) in [4.78, 5) is 18.8. The second-order valence-electron chi connectivity index (χ2n) is 5.52. The molecule has 2 saturated heterocycles. The molecule has 2 N–H and O–H groups in total. The number of hydrogen-bond donors (Lipinski definition) is 2. The third kappa shape index (κ3) is 4.15. The molecule has 1 aromatic rings. The van der Waals surface area contributed by atoms with E-state index in [1.165, 1.54) is 12.8 Å². The smallest absolute Gasteiger partial charge is 0.221 e. The number of carbonyl (C=O) groups is 1. The van der Waals surface area contributed by atoms with Gasteiger partial charge in [0.05, 0.1) is 25.5 Å². The fraction of sp³-hybridized carbons (Fsp3) is 0.714. The summed E-state index contributed by atoms with van der Waals surface area (Å²) in [6, 6.07) is 0.134. The van der Waals surface area contributed by atoms with Crippen LogP contribution in [0.1, 0.15) is 25.0 Å². The molecule has 1 atom stereocenters. The number of nitrogens with zero attached hydrogens (tertiary/aromatic N) is 2. The number of amides is 1. The van der Waals surface area contributed by atoms with Gasteiger partial charge in [-0.1, -0.05) is 0 Å². The van der Waals surface area contributed by atoms with Crippen LogP contribution in [0.5, 0.6) is 0 Å². The van der Waals surface area contributed by atoms with Gasteiger partial charge in [0.1, 0.15) is 0 Å². The summed E-state index contributed by atoms with van der Waals surface area (Å²) in [6.45, 7) is 4.89. The molecule has 2 aliphatic rings. The first kappa shape index (κ1) is 14.7. The van der Waals surface area contributed by atoms with Crippen LogP contribution in [-0.4, -0.2) is 49.8 Å². The minimum Gasteiger partial charge on any atom is -0.378 e. The van der Waals surface area contributed by atoms with Crippen molar-refractivity contribution in [1.82, 2.24) is 15.6 Å². The SMILES string of the molecule is O=C(C[C@H]1COCCN1)NCc1csc(N2CCCC2)n1. The average molecular weight is 310 g/mol. The Morgan fingerprint density at radius 2 is 2.38 bits per heavy atom. The minimum atomic E-state index is 0.0497. The zero-order valence-electron chi connectivity index (χ0n) is 12.1. The second-order valence-corrected chi connectivity index (χ2v) is 6.36. The third-order valence-electron chi connectivity index (χ3n) is 3.81. The van der Waals surface area contributed by atoms with Crippen LogP contribution in [0.4, 0.5) is 5.13 Å². The Morgan fingerprint density at radius 1 is 1.52 bits per heavy atom. The number of thiazole rings is 1. The Bertz CT molecular complexity index is 467. The standard InChI is InChI=1S/C14H22N4O2S/c19-13(7-11-9-20-6-3-15-11)16-8-12-10-21-14(17-12)18-4-1-2-5-18/h10-11,15H,1-9H2,(H,16,19)/t11-/m0/s1. The number of ether oxygens (including phenoxy) is 1. The zero-order valence-corrected chi connectivity index (χ0v) is 13.0. The highest BCUT2D eigenvalue weighted by Gasteiger charge is 2.18. The lowest BCUT2D eigenvalue weighted by Crippen LogP contribution is -2.44. The van der Waals surface area contributed by atoms with E-state index in [0.717, 1.165) is 37.1 Å². The van der Waals surface area contributed by atoms with Crippen LogP contribution in [0.15, 0.2) is 5.38 Å². The van der Waals surface area contributed by atoms with Crippen LogP contribution in [0, 0.1) is 0 Å². The first-order valence-electron chi connectivity index (χ1n) is 7.58. The first-order chi connectivity index (χ1) is 10.3. The molecule has 0 radical (unpaired) electrons. The maximum Gasteiger partial charge on any atom is 0.221 e. The maximum absolute atomic E-state index is 11.9. The molecule has 1 aromatic heterocycles. The largest absolute Gasteiger partial charge is 0.378 e. The summed E-state index contributed by atoms with van der Waals surface area (Å²) in [5.41, 5.74) is 0.947. The van der Waals surface area contributed by atoms with Crippen LogP contribution in [-0.2, 0) is 16.1 Å². The van der Waals surface area contributed by atoms with Gasteiger partial charge in [-0.2, -0.15) is 0 Å². The summed E-state index contributed by atoms with van der Waals surface area (Å²) >= 11 is 1.67. The Hall–Kier alpha value is -1.18. The molecular formula is C14H22N4O2S. The zero-order chi connectivity index (χ0) is 14.5. The minimum absolute atomic E-state index is 0.0497. The van der Waals surface area contributed by atoms with Crippen molar-refractivity contribution in [2.45, 2.75) is 31.8 Å². The fourth-order valence-electron chi connectivity index (χ4n) is 2.67. The molecule has 0 aliphatic carbocycles. The molecule has 2 aliphatic heterocycles. The Kier molecular flexibility index (Phi) is 5.05. The highest BCUT2D eigenvalue weighted by atomic mass is 32.1. The van der Waals surface area contributed by atoms with Crippen LogP contribution in [0.25, 0.3) is 0 Å². The van der Waals surface area contributed by atoms with E-state index < -0.39 is 0 Å². The van der Waals surface area contributed by atoms with E-state index in [0.29, 0.717) is 19.6 Å². The molecule has 1 amide bonds. The molecular weight excluding hydrogens is 288 g/mol. The maximum atomic E-state index is 11.9. The molecule has 7 heteroatoms. The normalized spacial score (nSPS) is 22.5. The number of hydrogen-bond acceptors (Lipinski definition) is 6. The molecule has 2 fully saturated rings. The summed E-state index contributed by atoms with van der Waals surface area (Å²) in [7, 11) is 0. The van der Waals surface area contributed by atoms with Crippen molar-refractivity contribution in [2.24, 2.45) is 0 Å². The first-order valence-corrected chi connectivity index (χ1v) is 8.46. The van der Waals surface area contributed by atoms with E-state index in [4.69, 9.17) is 4.74 Å². The van der Waals surface area contributed by atoms with Crippen molar-refractivity contribution in [3.05, 3.63) is 11.1 Å². The van der Waals surface area contributed by atoms with Gasteiger partial charge in [0, 0.05) is 37.5 Å². The van der Waals surface area contributed by atoms with Crippen molar-refractivity contribution in [3.63, 3.8) is 0 Å². The van der Waals surface area contributed by atoms with Crippen molar-refractivity contribution in [3.8, 4) is 0 Å².